The van der Waals surface area contributed by atoms with E-state index in [1.165, 1.54) is 21.5 Å². The van der Waals surface area contributed by atoms with Crippen LogP contribution in [0.25, 0.3) is 5.69 Å². The Balaban J connectivity index is 1.31. The number of halogens is 1. The van der Waals surface area contributed by atoms with Gasteiger partial charge in [-0.1, -0.05) is 29.8 Å². The third-order valence-corrected chi connectivity index (χ3v) is 7.54. The number of para-hydroxylation sites is 1. The van der Waals surface area contributed by atoms with E-state index >= 15 is 0 Å². The molecule has 1 amide bonds. The Morgan fingerprint density at radius 1 is 1.03 bits per heavy atom. The Morgan fingerprint density at radius 3 is 2.55 bits per heavy atom. The van der Waals surface area contributed by atoms with Crippen LogP contribution in [0.15, 0.2) is 46.7 Å². The molecule has 2 aromatic heterocycles. The highest BCUT2D eigenvalue weighted by atomic mass is 35.5. The third-order valence-electron chi connectivity index (χ3n) is 6.10. The van der Waals surface area contributed by atoms with E-state index in [0.29, 0.717) is 37.6 Å². The smallest absolute Gasteiger partial charge is 0.292 e. The van der Waals surface area contributed by atoms with Crippen LogP contribution in [-0.2, 0) is 12.8 Å². The van der Waals surface area contributed by atoms with E-state index in [1.54, 1.807) is 17.5 Å². The van der Waals surface area contributed by atoms with Crippen LogP contribution in [0.4, 0.5) is 5.69 Å². The quantitative estimate of drug-likeness (QED) is 0.604. The predicted molar refractivity (Wildman–Crippen MR) is 124 cm³/mol. The van der Waals surface area contributed by atoms with Gasteiger partial charge in [0.15, 0.2) is 0 Å². The van der Waals surface area contributed by atoms with Gasteiger partial charge in [0, 0.05) is 36.4 Å². The summed E-state index contributed by atoms with van der Waals surface area (Å²) in [6, 6.07) is 9.23. The molecule has 160 valence electrons. The molecule has 2 aliphatic rings. The Morgan fingerprint density at radius 2 is 1.77 bits per heavy atom. The molecule has 8 heteroatoms. The molecule has 31 heavy (non-hydrogen) atoms. The van der Waals surface area contributed by atoms with Crippen molar-refractivity contribution < 1.29 is 4.79 Å². The second-order valence-electron chi connectivity index (χ2n) is 7.93. The molecular weight excluding hydrogens is 432 g/mol. The van der Waals surface area contributed by atoms with Crippen LogP contribution in [0.5, 0.6) is 0 Å². The highest BCUT2D eigenvalue weighted by molar-refractivity contribution is 7.10. The van der Waals surface area contributed by atoms with Gasteiger partial charge >= 0.3 is 0 Å². The first kappa shape index (κ1) is 20.3. The van der Waals surface area contributed by atoms with Crippen molar-refractivity contribution in [3.8, 4) is 5.69 Å². The lowest BCUT2D eigenvalue weighted by Gasteiger charge is -2.36. The summed E-state index contributed by atoms with van der Waals surface area (Å²) >= 11 is 8.17. The van der Waals surface area contributed by atoms with Crippen LogP contribution in [0.2, 0.25) is 5.02 Å². The maximum Gasteiger partial charge on any atom is 0.292 e. The van der Waals surface area contributed by atoms with Crippen LogP contribution >= 0.6 is 22.9 Å². The van der Waals surface area contributed by atoms with E-state index in [2.05, 4.69) is 5.10 Å². The molecule has 0 spiro atoms. The van der Waals surface area contributed by atoms with Crippen molar-refractivity contribution in [3.05, 3.63) is 73.3 Å². The number of fused-ring (bicyclic) bond motifs is 1. The summed E-state index contributed by atoms with van der Waals surface area (Å²) in [4.78, 5) is 31.2. The maximum atomic E-state index is 13.1. The van der Waals surface area contributed by atoms with Crippen molar-refractivity contribution in [1.29, 1.82) is 0 Å². The summed E-state index contributed by atoms with van der Waals surface area (Å²) in [7, 11) is 0. The van der Waals surface area contributed by atoms with Crippen LogP contribution in [-0.4, -0.2) is 46.8 Å². The predicted octanol–water partition coefficient (Wildman–Crippen LogP) is 3.79. The summed E-state index contributed by atoms with van der Waals surface area (Å²) in [5, 5.41) is 6.52. The number of benzene rings is 1. The molecule has 6 nitrogen and oxygen atoms in total. The molecule has 0 bridgehead atoms. The molecule has 3 heterocycles. The van der Waals surface area contributed by atoms with Gasteiger partial charge in [0.1, 0.15) is 5.02 Å². The molecule has 1 aromatic carbocycles. The van der Waals surface area contributed by atoms with Gasteiger partial charge < -0.3 is 9.80 Å². The van der Waals surface area contributed by atoms with E-state index in [1.807, 2.05) is 45.5 Å². The number of thiophene rings is 1. The van der Waals surface area contributed by atoms with Gasteiger partial charge in [-0.05, 0) is 43.4 Å². The summed E-state index contributed by atoms with van der Waals surface area (Å²) in [6.07, 6.45) is 6.14. The zero-order chi connectivity index (χ0) is 21.4. The van der Waals surface area contributed by atoms with Crippen LogP contribution < -0.4 is 10.5 Å². The molecule has 0 unspecified atom stereocenters. The molecule has 1 aliphatic carbocycles. The lowest BCUT2D eigenvalue weighted by molar-refractivity contribution is 0.0746. The summed E-state index contributed by atoms with van der Waals surface area (Å²) in [5.41, 5.74) is 3.11. The molecule has 1 fully saturated rings. The van der Waals surface area contributed by atoms with Gasteiger partial charge in [0.2, 0.25) is 0 Å². The minimum Gasteiger partial charge on any atom is -0.365 e. The zero-order valence-corrected chi connectivity index (χ0v) is 18.7. The normalized spacial score (nSPS) is 16.3. The molecule has 0 atom stereocenters. The van der Waals surface area contributed by atoms with Crippen molar-refractivity contribution in [2.45, 2.75) is 25.7 Å². The van der Waals surface area contributed by atoms with Crippen molar-refractivity contribution in [3.63, 3.8) is 0 Å². The zero-order valence-electron chi connectivity index (χ0n) is 17.1. The SMILES string of the molecule is O=C(c1csc2c1CCCC2)N1CCN(c2cnn(-c3ccccc3)c(=O)c2Cl)CC1. The number of amides is 1. The number of carbonyl (C=O) groups excluding carboxylic acids is 1. The lowest BCUT2D eigenvalue weighted by Crippen LogP contribution is -2.49. The number of hydrogen-bond donors (Lipinski definition) is 0. The maximum absolute atomic E-state index is 13.1. The van der Waals surface area contributed by atoms with Gasteiger partial charge in [-0.25, -0.2) is 0 Å². The number of carbonyl (C=O) groups is 1. The van der Waals surface area contributed by atoms with Crippen molar-refractivity contribution in [2.75, 3.05) is 31.1 Å². The third kappa shape index (κ3) is 3.77. The van der Waals surface area contributed by atoms with Gasteiger partial charge in [0.25, 0.3) is 11.5 Å². The molecule has 0 N–H and O–H groups in total. The number of piperazine rings is 1. The average molecular weight is 455 g/mol. The minimum atomic E-state index is -0.339. The van der Waals surface area contributed by atoms with E-state index < -0.39 is 0 Å². The Kier molecular flexibility index (Phi) is 5.54. The molecular formula is C23H23ClN4O2S. The van der Waals surface area contributed by atoms with Crippen molar-refractivity contribution in [1.82, 2.24) is 14.7 Å². The van der Waals surface area contributed by atoms with Crippen molar-refractivity contribution in [2.24, 2.45) is 0 Å². The molecule has 5 rings (SSSR count). The summed E-state index contributed by atoms with van der Waals surface area (Å²) in [5.74, 6) is 0.128. The number of aromatic nitrogens is 2. The number of nitrogens with zero attached hydrogens (tertiary/aromatic N) is 4. The standard InChI is InChI=1S/C23H23ClN4O2S/c24-21-19(14-25-28(23(21)30)16-6-2-1-3-7-16)26-10-12-27(13-11-26)22(29)18-15-31-20-9-5-4-8-17(18)20/h1-3,6-7,14-15H,4-5,8-13H2. The highest BCUT2D eigenvalue weighted by Gasteiger charge is 2.28. The number of aryl methyl sites for hydroxylation is 1. The van der Waals surface area contributed by atoms with E-state index in [9.17, 15) is 9.59 Å². The fourth-order valence-corrected chi connectivity index (χ4v) is 5.76. The molecule has 0 radical (unpaired) electrons. The molecule has 0 saturated carbocycles. The number of hydrogen-bond acceptors (Lipinski definition) is 5. The number of anilines is 1. The van der Waals surface area contributed by atoms with E-state index in [-0.39, 0.29) is 16.5 Å². The van der Waals surface area contributed by atoms with E-state index in [4.69, 9.17) is 11.6 Å². The molecule has 1 aliphatic heterocycles. The summed E-state index contributed by atoms with van der Waals surface area (Å²) in [6.45, 7) is 2.44. The Labute approximate surface area is 189 Å². The lowest BCUT2D eigenvalue weighted by atomic mass is 9.95. The minimum absolute atomic E-state index is 0.128. The van der Waals surface area contributed by atoms with Crippen molar-refractivity contribution >= 4 is 34.5 Å². The Bertz CT molecular complexity index is 1170. The van der Waals surface area contributed by atoms with Crippen LogP contribution in [0, 0.1) is 0 Å². The van der Waals surface area contributed by atoms with Crippen LogP contribution in [0.1, 0.15) is 33.6 Å². The first-order valence-electron chi connectivity index (χ1n) is 10.6. The molecule has 3 aromatic rings. The summed E-state index contributed by atoms with van der Waals surface area (Å²) < 4.78 is 1.31. The average Bonchev–Trinajstić information content (AvgIpc) is 3.25. The van der Waals surface area contributed by atoms with Crippen LogP contribution in [0.3, 0.4) is 0 Å². The fourth-order valence-electron chi connectivity index (χ4n) is 4.39. The molecule has 1 saturated heterocycles. The van der Waals surface area contributed by atoms with E-state index in [0.717, 1.165) is 24.8 Å². The fraction of sp³-hybridized carbons (Fsp3) is 0.348. The largest absolute Gasteiger partial charge is 0.365 e. The topological polar surface area (TPSA) is 58.4 Å². The van der Waals surface area contributed by atoms with Gasteiger partial charge in [-0.3, -0.25) is 9.59 Å². The second kappa shape index (κ2) is 8.48. The first-order chi connectivity index (χ1) is 15.1. The second-order valence-corrected chi connectivity index (χ2v) is 9.28. The van der Waals surface area contributed by atoms with Gasteiger partial charge in [0.05, 0.1) is 23.1 Å². The number of rotatable bonds is 3. The highest BCUT2D eigenvalue weighted by Crippen LogP contribution is 2.31. The monoisotopic (exact) mass is 454 g/mol. The van der Waals surface area contributed by atoms with Gasteiger partial charge in [-0.2, -0.15) is 9.78 Å². The first-order valence-corrected chi connectivity index (χ1v) is 11.9. The Hall–Kier alpha value is -2.64. The van der Waals surface area contributed by atoms with Gasteiger partial charge in [-0.15, -0.1) is 11.3 Å².